The molecule has 3 aliphatic rings. The van der Waals surface area contributed by atoms with Gasteiger partial charge >= 0.3 is 0 Å². The number of hydrogen-bond donors (Lipinski definition) is 0. The van der Waals surface area contributed by atoms with Crippen molar-refractivity contribution in [1.82, 2.24) is 4.90 Å². The van der Waals surface area contributed by atoms with Crippen LogP contribution in [0.5, 0.6) is 0 Å². The standard InChI is InChI=1S/C35H27N3/c1-5-13-26(14-6-1)28-23-33(27-15-7-2-8-16-27)38-34-24-31(36-30-19-11-4-12-20-30)21-22-32(34)37-35(38,25-28)29-17-9-3-10-18-29/h1-24,28H,25H2/t28-,35+/m1/s1. The molecule has 2 heterocycles. The van der Waals surface area contributed by atoms with Crippen LogP contribution < -0.4 is 0 Å². The highest BCUT2D eigenvalue weighted by atomic mass is 15.4. The van der Waals surface area contributed by atoms with Crippen molar-refractivity contribution in [1.29, 1.82) is 0 Å². The Morgan fingerprint density at radius 3 is 2.03 bits per heavy atom. The molecule has 0 amide bonds. The summed E-state index contributed by atoms with van der Waals surface area (Å²) in [5.74, 6) is 0.217. The first kappa shape index (κ1) is 22.4. The topological polar surface area (TPSA) is 28.0 Å². The molecule has 2 atom stereocenters. The zero-order valence-electron chi connectivity index (χ0n) is 21.0. The Kier molecular flexibility index (Phi) is 5.48. The van der Waals surface area contributed by atoms with Gasteiger partial charge in [-0.2, -0.15) is 0 Å². The van der Waals surface area contributed by atoms with Crippen LogP contribution in [0.3, 0.4) is 0 Å². The third-order valence-corrected chi connectivity index (χ3v) is 7.53. The predicted octanol–water partition coefficient (Wildman–Crippen LogP) is 8.05. The molecule has 0 aromatic heterocycles. The normalized spacial score (nSPS) is 22.8. The van der Waals surface area contributed by atoms with Crippen molar-refractivity contribution >= 4 is 22.8 Å². The second-order valence-corrected chi connectivity index (χ2v) is 9.89. The lowest BCUT2D eigenvalue weighted by Crippen LogP contribution is -2.43. The van der Waals surface area contributed by atoms with Crippen LogP contribution in [0.2, 0.25) is 0 Å². The zero-order valence-corrected chi connectivity index (χ0v) is 21.0. The average molecular weight is 490 g/mol. The molecule has 0 unspecified atom stereocenters. The van der Waals surface area contributed by atoms with Gasteiger partial charge in [-0.1, -0.05) is 115 Å². The van der Waals surface area contributed by atoms with Gasteiger partial charge in [0.15, 0.2) is 5.66 Å². The molecule has 0 spiro atoms. The maximum Gasteiger partial charge on any atom is 0.163 e. The molecule has 7 rings (SSSR count). The maximum absolute atomic E-state index is 5.52. The second-order valence-electron chi connectivity index (χ2n) is 9.89. The number of allylic oxidation sites excluding steroid dienone is 4. The van der Waals surface area contributed by atoms with Crippen LogP contribution >= 0.6 is 0 Å². The first-order chi connectivity index (χ1) is 18.8. The average Bonchev–Trinajstić information content (AvgIpc) is 3.33. The summed E-state index contributed by atoms with van der Waals surface area (Å²) in [6, 6.07) is 42.4. The Labute approximate surface area is 223 Å². The lowest BCUT2D eigenvalue weighted by molar-refractivity contribution is 0.200. The number of rotatable bonds is 4. The summed E-state index contributed by atoms with van der Waals surface area (Å²) in [4.78, 5) is 12.9. The van der Waals surface area contributed by atoms with E-state index >= 15 is 0 Å². The molecule has 1 aliphatic carbocycles. The Bertz CT molecular complexity index is 1610. The smallest absolute Gasteiger partial charge is 0.163 e. The monoisotopic (exact) mass is 489 g/mol. The lowest BCUT2D eigenvalue weighted by atomic mass is 9.79. The first-order valence-corrected chi connectivity index (χ1v) is 13.1. The van der Waals surface area contributed by atoms with Crippen molar-refractivity contribution in [3.05, 3.63) is 168 Å². The predicted molar refractivity (Wildman–Crippen MR) is 156 cm³/mol. The summed E-state index contributed by atoms with van der Waals surface area (Å²) >= 11 is 0. The molecule has 0 radical (unpaired) electrons. The number of fused-ring (bicyclic) bond motifs is 3. The summed E-state index contributed by atoms with van der Waals surface area (Å²) in [5, 5.41) is 0. The highest BCUT2D eigenvalue weighted by Crippen LogP contribution is 2.54. The van der Waals surface area contributed by atoms with Gasteiger partial charge in [0.25, 0.3) is 0 Å². The number of hydrogen-bond acceptors (Lipinski definition) is 3. The summed E-state index contributed by atoms with van der Waals surface area (Å²) in [7, 11) is 0. The zero-order chi connectivity index (χ0) is 25.4. The minimum atomic E-state index is -0.560. The van der Waals surface area contributed by atoms with Crippen molar-refractivity contribution in [2.45, 2.75) is 18.0 Å². The van der Waals surface area contributed by atoms with E-state index in [4.69, 9.17) is 9.98 Å². The van der Waals surface area contributed by atoms with Gasteiger partial charge in [-0.3, -0.25) is 4.99 Å². The van der Waals surface area contributed by atoms with Crippen LogP contribution in [0, 0.1) is 0 Å². The van der Waals surface area contributed by atoms with Gasteiger partial charge < -0.3 is 4.90 Å². The van der Waals surface area contributed by atoms with Gasteiger partial charge in [0.05, 0.1) is 22.8 Å². The van der Waals surface area contributed by atoms with Gasteiger partial charge in [0.1, 0.15) is 0 Å². The van der Waals surface area contributed by atoms with Gasteiger partial charge in [0.2, 0.25) is 0 Å². The highest BCUT2D eigenvalue weighted by Gasteiger charge is 2.51. The van der Waals surface area contributed by atoms with E-state index in [1.807, 2.05) is 30.3 Å². The summed E-state index contributed by atoms with van der Waals surface area (Å²) in [5.41, 5.74) is 8.25. The van der Waals surface area contributed by atoms with Crippen LogP contribution in [-0.4, -0.2) is 16.3 Å². The quantitative estimate of drug-likeness (QED) is 0.267. The highest BCUT2D eigenvalue weighted by molar-refractivity contribution is 6.23. The van der Waals surface area contributed by atoms with Crippen molar-refractivity contribution in [2.24, 2.45) is 9.98 Å². The van der Waals surface area contributed by atoms with Gasteiger partial charge in [-0.15, -0.1) is 0 Å². The molecular weight excluding hydrogens is 462 g/mol. The number of para-hydroxylation sites is 1. The van der Waals surface area contributed by atoms with Crippen molar-refractivity contribution in [3.63, 3.8) is 0 Å². The lowest BCUT2D eigenvalue weighted by Gasteiger charge is -2.45. The van der Waals surface area contributed by atoms with E-state index < -0.39 is 5.66 Å². The minimum Gasteiger partial charge on any atom is -0.310 e. The maximum atomic E-state index is 5.52. The third kappa shape index (κ3) is 3.84. The summed E-state index contributed by atoms with van der Waals surface area (Å²) in [6.07, 6.45) is 9.66. The Balaban J connectivity index is 1.45. The van der Waals surface area contributed by atoms with Crippen molar-refractivity contribution < 1.29 is 0 Å². The van der Waals surface area contributed by atoms with E-state index in [0.29, 0.717) is 0 Å². The molecule has 0 N–H and O–H groups in total. The van der Waals surface area contributed by atoms with E-state index in [2.05, 4.69) is 120 Å². The molecule has 3 heteroatoms. The van der Waals surface area contributed by atoms with Crippen LogP contribution in [-0.2, 0) is 5.66 Å². The van der Waals surface area contributed by atoms with Crippen LogP contribution in [0.1, 0.15) is 29.0 Å². The van der Waals surface area contributed by atoms with Gasteiger partial charge in [-0.25, -0.2) is 4.99 Å². The van der Waals surface area contributed by atoms with E-state index in [9.17, 15) is 0 Å². The molecular formula is C35H27N3. The molecule has 2 aliphatic heterocycles. The largest absolute Gasteiger partial charge is 0.310 e. The number of nitrogens with zero attached hydrogens (tertiary/aromatic N) is 3. The summed E-state index contributed by atoms with van der Waals surface area (Å²) in [6.45, 7) is 0. The van der Waals surface area contributed by atoms with Crippen LogP contribution in [0.4, 0.5) is 5.69 Å². The summed E-state index contributed by atoms with van der Waals surface area (Å²) < 4.78 is 0. The van der Waals surface area contributed by atoms with Crippen LogP contribution in [0.15, 0.2) is 161 Å². The molecule has 0 saturated carbocycles. The molecule has 4 aromatic rings. The first-order valence-electron chi connectivity index (χ1n) is 13.1. The molecule has 3 nitrogen and oxygen atoms in total. The SMILES string of the molecule is C1=CC2=N[C@@]3(c4ccccc4)C[C@H](c4ccccc4)C=C(c4ccccc4)N3C2=CC1=Nc1ccccc1. The van der Waals surface area contributed by atoms with E-state index in [1.54, 1.807) is 0 Å². The van der Waals surface area contributed by atoms with Crippen molar-refractivity contribution in [2.75, 3.05) is 0 Å². The molecule has 182 valence electrons. The van der Waals surface area contributed by atoms with E-state index in [0.717, 1.165) is 29.2 Å². The number of benzene rings is 4. The Morgan fingerprint density at radius 2 is 1.32 bits per heavy atom. The fourth-order valence-corrected chi connectivity index (χ4v) is 5.82. The van der Waals surface area contributed by atoms with Gasteiger partial charge in [-0.05, 0) is 41.5 Å². The van der Waals surface area contributed by atoms with Crippen LogP contribution in [0.25, 0.3) is 5.70 Å². The van der Waals surface area contributed by atoms with E-state index in [-0.39, 0.29) is 5.92 Å². The molecule has 0 bridgehead atoms. The molecule has 0 saturated heterocycles. The molecule has 38 heavy (non-hydrogen) atoms. The second kappa shape index (κ2) is 9.28. The number of aliphatic imine (C=N–C) groups is 2. The molecule has 0 fully saturated rings. The molecule has 4 aromatic carbocycles. The van der Waals surface area contributed by atoms with Gasteiger partial charge in [0, 0.05) is 23.6 Å². The fraction of sp³-hybridized carbons (Fsp3) is 0.0857. The fourth-order valence-electron chi connectivity index (χ4n) is 5.82. The van der Waals surface area contributed by atoms with E-state index in [1.165, 1.54) is 22.4 Å². The van der Waals surface area contributed by atoms with Crippen molar-refractivity contribution in [3.8, 4) is 0 Å². The Morgan fingerprint density at radius 1 is 0.684 bits per heavy atom. The Hall–Kier alpha value is -4.76. The minimum absolute atomic E-state index is 0.217. The third-order valence-electron chi connectivity index (χ3n) is 7.53.